The van der Waals surface area contributed by atoms with Gasteiger partial charge in [-0.2, -0.15) is 0 Å². The molecule has 2 rings (SSSR count). The second kappa shape index (κ2) is 6.45. The molecule has 1 fully saturated rings. The molecule has 0 radical (unpaired) electrons. The number of nitrogens with two attached hydrogens (primary N) is 1. The van der Waals surface area contributed by atoms with E-state index < -0.39 is 6.03 Å². The molecule has 1 aliphatic rings. The van der Waals surface area contributed by atoms with Gasteiger partial charge in [0.25, 0.3) is 0 Å². The monoisotopic (exact) mass is 290 g/mol. The van der Waals surface area contributed by atoms with Gasteiger partial charge in [-0.05, 0) is 58.0 Å². The van der Waals surface area contributed by atoms with Crippen LogP contribution in [0.15, 0.2) is 24.3 Å². The van der Waals surface area contributed by atoms with Crippen LogP contribution in [-0.4, -0.2) is 37.1 Å². The molecule has 4 N–H and O–H groups in total. The van der Waals surface area contributed by atoms with Gasteiger partial charge in [-0.25, -0.2) is 4.79 Å². The lowest BCUT2D eigenvalue weighted by Crippen LogP contribution is -2.56. The number of hydrogen-bond donors (Lipinski definition) is 3. The first-order valence-electron chi connectivity index (χ1n) is 7.50. The third-order valence-electron chi connectivity index (χ3n) is 4.65. The zero-order valence-corrected chi connectivity index (χ0v) is 13.1. The van der Waals surface area contributed by atoms with Crippen LogP contribution in [0.25, 0.3) is 0 Å². The standard InChI is InChI=1S/C16H26N4O/c1-12(18-11-16(20(2)3)9-4-10-16)13-5-7-14(8-6-13)19-15(17)21/h5-8,12,18H,4,9-11H2,1-3H3,(H3,17,19,21). The van der Waals surface area contributed by atoms with Crippen molar-refractivity contribution in [2.45, 2.75) is 37.8 Å². The van der Waals surface area contributed by atoms with Gasteiger partial charge in [0.05, 0.1) is 0 Å². The molecule has 5 heteroatoms. The Labute approximate surface area is 126 Å². The largest absolute Gasteiger partial charge is 0.351 e. The van der Waals surface area contributed by atoms with Crippen LogP contribution in [0.3, 0.4) is 0 Å². The average Bonchev–Trinajstić information content (AvgIpc) is 2.37. The van der Waals surface area contributed by atoms with Crippen molar-refractivity contribution in [2.24, 2.45) is 5.73 Å². The number of urea groups is 1. The van der Waals surface area contributed by atoms with Gasteiger partial charge in [-0.3, -0.25) is 0 Å². The Kier molecular flexibility index (Phi) is 4.85. The summed E-state index contributed by atoms with van der Waals surface area (Å²) in [5.74, 6) is 0. The maximum atomic E-state index is 10.8. The highest BCUT2D eigenvalue weighted by molar-refractivity contribution is 5.87. The number of hydrogen-bond acceptors (Lipinski definition) is 3. The fourth-order valence-corrected chi connectivity index (χ4v) is 2.83. The number of likely N-dealkylation sites (N-methyl/N-ethyl adjacent to an activating group) is 1. The normalized spacial score (nSPS) is 18.1. The van der Waals surface area contributed by atoms with E-state index in [0.717, 1.165) is 12.2 Å². The van der Waals surface area contributed by atoms with Crippen molar-refractivity contribution in [3.63, 3.8) is 0 Å². The molecular formula is C16H26N4O. The van der Waals surface area contributed by atoms with Crippen LogP contribution >= 0.6 is 0 Å². The van der Waals surface area contributed by atoms with Crippen LogP contribution in [-0.2, 0) is 0 Å². The van der Waals surface area contributed by atoms with Crippen molar-refractivity contribution in [3.05, 3.63) is 29.8 Å². The minimum Gasteiger partial charge on any atom is -0.351 e. The van der Waals surface area contributed by atoms with E-state index in [1.165, 1.54) is 24.8 Å². The summed E-state index contributed by atoms with van der Waals surface area (Å²) < 4.78 is 0. The highest BCUT2D eigenvalue weighted by atomic mass is 16.2. The molecule has 0 saturated heterocycles. The summed E-state index contributed by atoms with van der Waals surface area (Å²) in [7, 11) is 4.33. The second-order valence-corrected chi connectivity index (χ2v) is 6.19. The molecule has 0 spiro atoms. The molecule has 2 amide bonds. The first kappa shape index (κ1) is 15.8. The molecule has 0 heterocycles. The van der Waals surface area contributed by atoms with Gasteiger partial charge < -0.3 is 21.3 Å². The fraction of sp³-hybridized carbons (Fsp3) is 0.562. The molecule has 1 saturated carbocycles. The predicted octanol–water partition coefficient (Wildman–Crippen LogP) is 2.31. The van der Waals surface area contributed by atoms with Gasteiger partial charge in [0.1, 0.15) is 0 Å². The van der Waals surface area contributed by atoms with E-state index in [0.29, 0.717) is 5.54 Å². The van der Waals surface area contributed by atoms with Crippen LogP contribution in [0.4, 0.5) is 10.5 Å². The highest BCUT2D eigenvalue weighted by Crippen LogP contribution is 2.35. The molecule has 1 aromatic carbocycles. The molecule has 5 nitrogen and oxygen atoms in total. The lowest BCUT2D eigenvalue weighted by Gasteiger charge is -2.48. The van der Waals surface area contributed by atoms with E-state index in [9.17, 15) is 4.79 Å². The van der Waals surface area contributed by atoms with Gasteiger partial charge >= 0.3 is 6.03 Å². The first-order chi connectivity index (χ1) is 9.93. The van der Waals surface area contributed by atoms with E-state index >= 15 is 0 Å². The number of carbonyl (C=O) groups excluding carboxylic acids is 1. The lowest BCUT2D eigenvalue weighted by atomic mass is 9.75. The maximum Gasteiger partial charge on any atom is 0.316 e. The molecule has 1 unspecified atom stereocenters. The SMILES string of the molecule is CC(NCC1(N(C)C)CCC1)c1ccc(NC(N)=O)cc1. The predicted molar refractivity (Wildman–Crippen MR) is 86.3 cm³/mol. The molecule has 21 heavy (non-hydrogen) atoms. The average molecular weight is 290 g/mol. The number of primary amides is 1. The van der Waals surface area contributed by atoms with Crippen molar-refractivity contribution >= 4 is 11.7 Å². The van der Waals surface area contributed by atoms with Crippen LogP contribution < -0.4 is 16.4 Å². The number of nitrogens with zero attached hydrogens (tertiary/aromatic N) is 1. The fourth-order valence-electron chi connectivity index (χ4n) is 2.83. The Morgan fingerprint density at radius 1 is 1.33 bits per heavy atom. The van der Waals surface area contributed by atoms with Crippen LogP contribution in [0.5, 0.6) is 0 Å². The van der Waals surface area contributed by atoms with Gasteiger partial charge in [0.2, 0.25) is 0 Å². The van der Waals surface area contributed by atoms with E-state index in [2.05, 4.69) is 36.6 Å². The van der Waals surface area contributed by atoms with Crippen molar-refractivity contribution < 1.29 is 4.79 Å². The van der Waals surface area contributed by atoms with Gasteiger partial charge in [-0.1, -0.05) is 12.1 Å². The Hall–Kier alpha value is -1.59. The van der Waals surface area contributed by atoms with Crippen molar-refractivity contribution in [3.8, 4) is 0 Å². The van der Waals surface area contributed by atoms with Crippen molar-refractivity contribution in [2.75, 3.05) is 26.0 Å². The van der Waals surface area contributed by atoms with E-state index in [1.54, 1.807) is 0 Å². The summed E-state index contributed by atoms with van der Waals surface area (Å²) in [4.78, 5) is 13.1. The highest BCUT2D eigenvalue weighted by Gasteiger charge is 2.38. The first-order valence-corrected chi connectivity index (χ1v) is 7.50. The Bertz CT molecular complexity index is 480. The summed E-state index contributed by atoms with van der Waals surface area (Å²) in [5, 5.41) is 6.20. The molecular weight excluding hydrogens is 264 g/mol. The minimum atomic E-state index is -0.535. The molecule has 0 aromatic heterocycles. The van der Waals surface area contributed by atoms with E-state index in [-0.39, 0.29) is 6.04 Å². The van der Waals surface area contributed by atoms with Crippen LogP contribution in [0.1, 0.15) is 37.8 Å². The Balaban J connectivity index is 1.91. The zero-order chi connectivity index (χ0) is 15.5. The van der Waals surface area contributed by atoms with Gasteiger partial charge in [-0.15, -0.1) is 0 Å². The summed E-state index contributed by atoms with van der Waals surface area (Å²) in [6, 6.07) is 7.54. The number of amides is 2. The topological polar surface area (TPSA) is 70.4 Å². The smallest absolute Gasteiger partial charge is 0.316 e. The third-order valence-corrected chi connectivity index (χ3v) is 4.65. The zero-order valence-electron chi connectivity index (χ0n) is 13.1. The summed E-state index contributed by atoms with van der Waals surface area (Å²) in [5.41, 5.74) is 7.35. The van der Waals surface area contributed by atoms with Crippen LogP contribution in [0.2, 0.25) is 0 Å². The molecule has 1 atom stereocenters. The Morgan fingerprint density at radius 2 is 1.95 bits per heavy atom. The molecule has 0 bridgehead atoms. The number of benzene rings is 1. The number of nitrogens with one attached hydrogen (secondary N) is 2. The third kappa shape index (κ3) is 3.74. The summed E-state index contributed by atoms with van der Waals surface area (Å²) >= 11 is 0. The van der Waals surface area contributed by atoms with Crippen molar-refractivity contribution in [1.29, 1.82) is 0 Å². The van der Waals surface area contributed by atoms with E-state index in [1.807, 2.05) is 24.3 Å². The quantitative estimate of drug-likeness (QED) is 0.753. The Morgan fingerprint density at radius 3 is 2.38 bits per heavy atom. The second-order valence-electron chi connectivity index (χ2n) is 6.19. The van der Waals surface area contributed by atoms with Gasteiger partial charge in [0, 0.05) is 23.8 Å². The van der Waals surface area contributed by atoms with Gasteiger partial charge in [0.15, 0.2) is 0 Å². The summed E-state index contributed by atoms with van der Waals surface area (Å²) in [6.07, 6.45) is 3.85. The molecule has 116 valence electrons. The molecule has 1 aromatic rings. The van der Waals surface area contributed by atoms with Crippen molar-refractivity contribution in [1.82, 2.24) is 10.2 Å². The number of carbonyl (C=O) groups is 1. The lowest BCUT2D eigenvalue weighted by molar-refractivity contribution is 0.0576. The van der Waals surface area contributed by atoms with Crippen LogP contribution in [0, 0.1) is 0 Å². The number of rotatable bonds is 6. The maximum absolute atomic E-state index is 10.8. The minimum absolute atomic E-state index is 0.282. The van der Waals surface area contributed by atoms with E-state index in [4.69, 9.17) is 5.73 Å². The summed E-state index contributed by atoms with van der Waals surface area (Å²) in [6.45, 7) is 3.17. The number of anilines is 1. The molecule has 0 aliphatic heterocycles. The molecule has 1 aliphatic carbocycles.